The Morgan fingerprint density at radius 3 is 2.45 bits per heavy atom. The molecule has 0 fully saturated rings. The number of hydrogen-bond donors (Lipinski definition) is 0. The first-order chi connectivity index (χ1) is 9.63. The van der Waals surface area contributed by atoms with Gasteiger partial charge < -0.3 is 4.74 Å². The molecule has 0 aromatic heterocycles. The molecule has 0 radical (unpaired) electrons. The summed E-state index contributed by atoms with van der Waals surface area (Å²) < 4.78 is 5.49. The third-order valence-electron chi connectivity index (χ3n) is 3.81. The Kier molecular flexibility index (Phi) is 7.43. The van der Waals surface area contributed by atoms with Gasteiger partial charge in [0.05, 0.1) is 7.11 Å². The van der Waals surface area contributed by atoms with E-state index in [2.05, 4.69) is 58.0 Å². The largest absolute Gasteiger partial charge is 0.496 e. The summed E-state index contributed by atoms with van der Waals surface area (Å²) in [5.74, 6) is 2.15. The van der Waals surface area contributed by atoms with Gasteiger partial charge >= 0.3 is 0 Å². The number of rotatable bonds is 8. The van der Waals surface area contributed by atoms with Gasteiger partial charge in [0.15, 0.2) is 0 Å². The van der Waals surface area contributed by atoms with Crippen molar-refractivity contribution in [3.63, 3.8) is 0 Å². The fourth-order valence-corrected chi connectivity index (χ4v) is 2.65. The molecule has 1 heteroatoms. The van der Waals surface area contributed by atoms with Crippen LogP contribution in [-0.2, 0) is 0 Å². The second-order valence-corrected chi connectivity index (χ2v) is 5.76. The van der Waals surface area contributed by atoms with Crippen molar-refractivity contribution in [2.24, 2.45) is 0 Å². The van der Waals surface area contributed by atoms with Crippen LogP contribution in [-0.4, -0.2) is 7.11 Å². The quantitative estimate of drug-likeness (QED) is 0.524. The van der Waals surface area contributed by atoms with Crippen molar-refractivity contribution < 1.29 is 4.74 Å². The zero-order chi connectivity index (χ0) is 15.0. The fourth-order valence-electron chi connectivity index (χ4n) is 2.65. The van der Waals surface area contributed by atoms with Crippen LogP contribution >= 0.6 is 0 Å². The molecule has 1 nitrogen and oxygen atoms in total. The van der Waals surface area contributed by atoms with E-state index in [4.69, 9.17) is 4.74 Å². The van der Waals surface area contributed by atoms with Crippen LogP contribution in [0.15, 0.2) is 30.4 Å². The predicted octanol–water partition coefficient (Wildman–Crippen LogP) is 6.06. The molecule has 20 heavy (non-hydrogen) atoms. The maximum Gasteiger partial charge on any atom is 0.122 e. The predicted molar refractivity (Wildman–Crippen MR) is 88.8 cm³/mol. The van der Waals surface area contributed by atoms with Gasteiger partial charge in [-0.15, -0.1) is 0 Å². The lowest BCUT2D eigenvalue weighted by atomic mass is 9.88. The van der Waals surface area contributed by atoms with Crippen LogP contribution in [0.2, 0.25) is 0 Å². The van der Waals surface area contributed by atoms with E-state index in [0.717, 1.165) is 18.6 Å². The molecule has 1 aromatic rings. The van der Waals surface area contributed by atoms with E-state index in [1.54, 1.807) is 7.11 Å². The van der Waals surface area contributed by atoms with Gasteiger partial charge in [0.25, 0.3) is 0 Å². The van der Waals surface area contributed by atoms with Crippen LogP contribution in [0.5, 0.6) is 5.75 Å². The average molecular weight is 274 g/mol. The summed E-state index contributed by atoms with van der Waals surface area (Å²) in [7, 11) is 1.76. The average Bonchev–Trinajstić information content (AvgIpc) is 2.45. The Bertz CT molecular complexity index is 418. The Labute approximate surface area is 125 Å². The maximum absolute atomic E-state index is 5.49. The summed E-state index contributed by atoms with van der Waals surface area (Å²) in [5, 5.41) is 0. The van der Waals surface area contributed by atoms with Crippen LogP contribution in [0.4, 0.5) is 0 Å². The van der Waals surface area contributed by atoms with Gasteiger partial charge in [0.1, 0.15) is 5.75 Å². The van der Waals surface area contributed by atoms with Gasteiger partial charge in [-0.05, 0) is 48.3 Å². The van der Waals surface area contributed by atoms with E-state index in [-0.39, 0.29) is 0 Å². The van der Waals surface area contributed by atoms with Crippen molar-refractivity contribution in [2.45, 2.75) is 65.2 Å². The lowest BCUT2D eigenvalue weighted by Gasteiger charge is -2.19. The van der Waals surface area contributed by atoms with E-state index in [0.29, 0.717) is 11.8 Å². The van der Waals surface area contributed by atoms with Gasteiger partial charge in [-0.2, -0.15) is 0 Å². The number of benzene rings is 1. The van der Waals surface area contributed by atoms with Crippen LogP contribution < -0.4 is 4.74 Å². The molecule has 1 aromatic carbocycles. The van der Waals surface area contributed by atoms with E-state index in [1.165, 1.54) is 24.0 Å². The molecule has 1 atom stereocenters. The lowest BCUT2D eigenvalue weighted by Crippen LogP contribution is -2.01. The molecule has 1 rings (SSSR count). The Balaban J connectivity index is 3.00. The molecule has 0 amide bonds. The minimum absolute atomic E-state index is 0.498. The second kappa shape index (κ2) is 8.84. The monoisotopic (exact) mass is 274 g/mol. The molecule has 0 spiro atoms. The van der Waals surface area contributed by atoms with Crippen molar-refractivity contribution in [1.82, 2.24) is 0 Å². The van der Waals surface area contributed by atoms with Gasteiger partial charge in [0.2, 0.25) is 0 Å². The summed E-state index contributed by atoms with van der Waals surface area (Å²) in [6, 6.07) is 6.73. The maximum atomic E-state index is 5.49. The first-order valence-corrected chi connectivity index (χ1v) is 7.96. The summed E-state index contributed by atoms with van der Waals surface area (Å²) in [6.07, 6.45) is 9.35. The normalized spacial score (nSPS) is 13.1. The van der Waals surface area contributed by atoms with Crippen LogP contribution in [0.25, 0.3) is 0 Å². The van der Waals surface area contributed by atoms with Gasteiger partial charge in [-0.1, -0.05) is 58.4 Å². The first-order valence-electron chi connectivity index (χ1n) is 7.96. The molecule has 0 heterocycles. The summed E-state index contributed by atoms with van der Waals surface area (Å²) in [6.45, 7) is 8.92. The number of methoxy groups -OCH3 is 1. The second-order valence-electron chi connectivity index (χ2n) is 5.76. The van der Waals surface area contributed by atoms with E-state index < -0.39 is 0 Å². The molecule has 0 aliphatic rings. The molecule has 0 aliphatic carbocycles. The highest BCUT2D eigenvalue weighted by Crippen LogP contribution is 2.33. The molecular weight excluding hydrogens is 244 g/mol. The summed E-state index contributed by atoms with van der Waals surface area (Å²) in [4.78, 5) is 0. The van der Waals surface area contributed by atoms with Crippen molar-refractivity contribution in [3.8, 4) is 5.75 Å². The van der Waals surface area contributed by atoms with Crippen molar-refractivity contribution in [1.29, 1.82) is 0 Å². The SMILES string of the molecule is CC/C=C\CC(CCC)c1ccc(OC)c(C(C)C)c1. The molecule has 0 aliphatic heterocycles. The smallest absolute Gasteiger partial charge is 0.122 e. The topological polar surface area (TPSA) is 9.23 Å². The van der Waals surface area contributed by atoms with E-state index in [1.807, 2.05) is 0 Å². The summed E-state index contributed by atoms with van der Waals surface area (Å²) >= 11 is 0. The third-order valence-corrected chi connectivity index (χ3v) is 3.81. The molecule has 112 valence electrons. The fraction of sp³-hybridized carbons (Fsp3) is 0.579. The van der Waals surface area contributed by atoms with Gasteiger partial charge in [-0.25, -0.2) is 0 Å². The van der Waals surface area contributed by atoms with Crippen LogP contribution in [0, 0.1) is 0 Å². The molecule has 0 bridgehead atoms. The highest BCUT2D eigenvalue weighted by Gasteiger charge is 2.14. The van der Waals surface area contributed by atoms with Crippen LogP contribution in [0.1, 0.15) is 76.3 Å². The standard InChI is InChI=1S/C19H30O/c1-6-8-9-11-16(10-7-2)17-12-13-19(20-5)18(14-17)15(3)4/h8-9,12-16H,6-7,10-11H2,1-5H3/b9-8-. The van der Waals surface area contributed by atoms with Gasteiger partial charge in [0, 0.05) is 0 Å². The first kappa shape index (κ1) is 16.8. The Hall–Kier alpha value is -1.24. The number of allylic oxidation sites excluding steroid dienone is 2. The molecule has 0 N–H and O–H groups in total. The van der Waals surface area contributed by atoms with Gasteiger partial charge in [-0.3, -0.25) is 0 Å². The highest BCUT2D eigenvalue weighted by molar-refractivity contribution is 5.40. The summed E-state index contributed by atoms with van der Waals surface area (Å²) in [5.41, 5.74) is 2.78. The van der Waals surface area contributed by atoms with Crippen molar-refractivity contribution >= 4 is 0 Å². The molecule has 1 unspecified atom stereocenters. The number of ether oxygens (including phenoxy) is 1. The van der Waals surface area contributed by atoms with E-state index in [9.17, 15) is 0 Å². The lowest BCUT2D eigenvalue weighted by molar-refractivity contribution is 0.407. The molecule has 0 saturated carbocycles. The van der Waals surface area contributed by atoms with Crippen molar-refractivity contribution in [2.75, 3.05) is 7.11 Å². The minimum atomic E-state index is 0.498. The Morgan fingerprint density at radius 1 is 1.15 bits per heavy atom. The Morgan fingerprint density at radius 2 is 1.90 bits per heavy atom. The third kappa shape index (κ3) is 4.70. The highest BCUT2D eigenvalue weighted by atomic mass is 16.5. The zero-order valence-electron chi connectivity index (χ0n) is 13.8. The van der Waals surface area contributed by atoms with Crippen molar-refractivity contribution in [3.05, 3.63) is 41.5 Å². The minimum Gasteiger partial charge on any atom is -0.496 e. The van der Waals surface area contributed by atoms with E-state index >= 15 is 0 Å². The number of hydrogen-bond acceptors (Lipinski definition) is 1. The molecule has 0 saturated heterocycles. The zero-order valence-corrected chi connectivity index (χ0v) is 13.8. The van der Waals surface area contributed by atoms with Crippen LogP contribution in [0.3, 0.4) is 0 Å². The molecular formula is C19H30O.